The highest BCUT2D eigenvalue weighted by Crippen LogP contribution is 2.02. The molecule has 0 aliphatic rings. The summed E-state index contributed by atoms with van der Waals surface area (Å²) in [5, 5.41) is 8.93. The van der Waals surface area contributed by atoms with E-state index in [2.05, 4.69) is 9.88 Å². The minimum atomic E-state index is 0.168. The van der Waals surface area contributed by atoms with E-state index in [0.717, 1.165) is 18.8 Å². The van der Waals surface area contributed by atoms with Gasteiger partial charge in [-0.1, -0.05) is 0 Å². The molecule has 1 aromatic heterocycles. The number of methoxy groups -OCH3 is 1. The largest absolute Gasteiger partial charge is 0.395 e. The molecule has 1 rings (SSSR count). The number of hydrogen-bond donors (Lipinski definition) is 1. The first-order chi connectivity index (χ1) is 7.27. The molecule has 0 aliphatic carbocycles. The van der Waals surface area contributed by atoms with Crippen molar-refractivity contribution in [1.82, 2.24) is 14.5 Å². The number of aliphatic hydroxyl groups excluding tert-OH is 1. The lowest BCUT2D eigenvalue weighted by molar-refractivity contribution is 0.125. The fourth-order valence-electron chi connectivity index (χ4n) is 1.40. The summed E-state index contributed by atoms with van der Waals surface area (Å²) < 4.78 is 7.01. The van der Waals surface area contributed by atoms with Crippen LogP contribution in [0.4, 0.5) is 0 Å². The van der Waals surface area contributed by atoms with Gasteiger partial charge in [-0.3, -0.25) is 4.90 Å². The zero-order chi connectivity index (χ0) is 11.1. The van der Waals surface area contributed by atoms with Gasteiger partial charge in [-0.2, -0.15) is 0 Å². The SMILES string of the molecule is COCCN(CCO)Cc1cncn1C. The Morgan fingerprint density at radius 3 is 2.87 bits per heavy atom. The monoisotopic (exact) mass is 213 g/mol. The minimum Gasteiger partial charge on any atom is -0.395 e. The number of nitrogens with zero attached hydrogens (tertiary/aromatic N) is 3. The fourth-order valence-corrected chi connectivity index (χ4v) is 1.40. The van der Waals surface area contributed by atoms with Crippen molar-refractivity contribution in [3.05, 3.63) is 18.2 Å². The average molecular weight is 213 g/mol. The maximum Gasteiger partial charge on any atom is 0.0945 e. The van der Waals surface area contributed by atoms with Gasteiger partial charge in [0.05, 0.1) is 25.2 Å². The van der Waals surface area contributed by atoms with E-state index in [-0.39, 0.29) is 6.61 Å². The van der Waals surface area contributed by atoms with Crippen molar-refractivity contribution < 1.29 is 9.84 Å². The molecule has 0 atom stereocenters. The summed E-state index contributed by atoms with van der Waals surface area (Å²) in [6.45, 7) is 3.12. The lowest BCUT2D eigenvalue weighted by Crippen LogP contribution is -2.30. The van der Waals surface area contributed by atoms with Gasteiger partial charge in [0.1, 0.15) is 0 Å². The molecule has 0 fully saturated rings. The Morgan fingerprint density at radius 1 is 1.53 bits per heavy atom. The first kappa shape index (κ1) is 12.2. The number of hydrogen-bond acceptors (Lipinski definition) is 4. The van der Waals surface area contributed by atoms with Crippen LogP contribution < -0.4 is 0 Å². The van der Waals surface area contributed by atoms with Gasteiger partial charge in [-0.15, -0.1) is 0 Å². The molecule has 5 nitrogen and oxygen atoms in total. The third-order valence-electron chi connectivity index (χ3n) is 2.33. The van der Waals surface area contributed by atoms with Crippen LogP contribution in [-0.4, -0.2) is 53.0 Å². The van der Waals surface area contributed by atoms with Crippen LogP contribution in [-0.2, 0) is 18.3 Å². The van der Waals surface area contributed by atoms with E-state index >= 15 is 0 Å². The van der Waals surface area contributed by atoms with Crippen LogP contribution in [0.1, 0.15) is 5.69 Å². The van der Waals surface area contributed by atoms with Crippen molar-refractivity contribution >= 4 is 0 Å². The van der Waals surface area contributed by atoms with Crippen LogP contribution in [0.3, 0.4) is 0 Å². The molecule has 1 N–H and O–H groups in total. The molecule has 5 heteroatoms. The highest BCUT2D eigenvalue weighted by molar-refractivity contribution is 4.97. The van der Waals surface area contributed by atoms with E-state index in [1.165, 1.54) is 0 Å². The van der Waals surface area contributed by atoms with Gasteiger partial charge in [0.2, 0.25) is 0 Å². The molecule has 0 bridgehead atoms. The smallest absolute Gasteiger partial charge is 0.0945 e. The summed E-state index contributed by atoms with van der Waals surface area (Å²) in [5.41, 5.74) is 1.14. The van der Waals surface area contributed by atoms with Crippen molar-refractivity contribution in [1.29, 1.82) is 0 Å². The predicted molar refractivity (Wildman–Crippen MR) is 57.4 cm³/mol. The standard InChI is InChI=1S/C10H19N3O2/c1-12-9-11-7-10(12)8-13(3-5-14)4-6-15-2/h7,9,14H,3-6,8H2,1-2H3. The lowest BCUT2D eigenvalue weighted by atomic mass is 10.4. The van der Waals surface area contributed by atoms with Crippen LogP contribution >= 0.6 is 0 Å². The second kappa shape index (κ2) is 6.55. The predicted octanol–water partition coefficient (Wildman–Crippen LogP) is -0.139. The second-order valence-corrected chi connectivity index (χ2v) is 3.49. The highest BCUT2D eigenvalue weighted by Gasteiger charge is 2.07. The Balaban J connectivity index is 2.46. The Morgan fingerprint density at radius 2 is 2.33 bits per heavy atom. The molecule has 0 saturated carbocycles. The van der Waals surface area contributed by atoms with Crippen molar-refractivity contribution in [3.63, 3.8) is 0 Å². The van der Waals surface area contributed by atoms with E-state index in [1.54, 1.807) is 13.4 Å². The number of imidazole rings is 1. The van der Waals surface area contributed by atoms with Gasteiger partial charge >= 0.3 is 0 Å². The number of aryl methyl sites for hydroxylation is 1. The van der Waals surface area contributed by atoms with Crippen LogP contribution in [0.5, 0.6) is 0 Å². The van der Waals surface area contributed by atoms with Gasteiger partial charge < -0.3 is 14.4 Å². The van der Waals surface area contributed by atoms with Crippen LogP contribution in [0.15, 0.2) is 12.5 Å². The summed E-state index contributed by atoms with van der Waals surface area (Å²) in [4.78, 5) is 6.20. The first-order valence-corrected chi connectivity index (χ1v) is 5.05. The van der Waals surface area contributed by atoms with Crippen molar-refractivity contribution in [3.8, 4) is 0 Å². The number of aromatic nitrogens is 2. The average Bonchev–Trinajstić information content (AvgIpc) is 2.61. The first-order valence-electron chi connectivity index (χ1n) is 5.05. The Kier molecular flexibility index (Phi) is 5.31. The van der Waals surface area contributed by atoms with E-state index in [4.69, 9.17) is 9.84 Å². The van der Waals surface area contributed by atoms with E-state index in [9.17, 15) is 0 Å². The number of rotatable bonds is 7. The quantitative estimate of drug-likeness (QED) is 0.685. The van der Waals surface area contributed by atoms with Gasteiger partial charge in [-0.05, 0) is 0 Å². The molecular weight excluding hydrogens is 194 g/mol. The third-order valence-corrected chi connectivity index (χ3v) is 2.33. The van der Waals surface area contributed by atoms with Crippen LogP contribution in [0.25, 0.3) is 0 Å². The summed E-state index contributed by atoms with van der Waals surface area (Å²) in [5.74, 6) is 0. The maximum absolute atomic E-state index is 8.93. The van der Waals surface area contributed by atoms with Gasteiger partial charge in [0.15, 0.2) is 0 Å². The zero-order valence-electron chi connectivity index (χ0n) is 9.39. The molecule has 1 heterocycles. The molecular formula is C10H19N3O2. The summed E-state index contributed by atoms with van der Waals surface area (Å²) in [6, 6.07) is 0. The normalized spacial score (nSPS) is 11.2. The molecule has 15 heavy (non-hydrogen) atoms. The molecule has 86 valence electrons. The highest BCUT2D eigenvalue weighted by atomic mass is 16.5. The molecule has 0 unspecified atom stereocenters. The van der Waals surface area contributed by atoms with E-state index in [1.807, 2.05) is 17.8 Å². The van der Waals surface area contributed by atoms with Gasteiger partial charge in [-0.25, -0.2) is 4.98 Å². The zero-order valence-corrected chi connectivity index (χ0v) is 9.39. The molecule has 0 aliphatic heterocycles. The molecule has 0 spiro atoms. The third kappa shape index (κ3) is 3.99. The Labute approximate surface area is 90.3 Å². The molecule has 0 amide bonds. The molecule has 0 radical (unpaired) electrons. The minimum absolute atomic E-state index is 0.168. The van der Waals surface area contributed by atoms with Crippen molar-refractivity contribution in [2.45, 2.75) is 6.54 Å². The van der Waals surface area contributed by atoms with E-state index < -0.39 is 0 Å². The maximum atomic E-state index is 8.93. The lowest BCUT2D eigenvalue weighted by Gasteiger charge is -2.20. The Bertz CT molecular complexity index is 275. The molecule has 1 aromatic rings. The summed E-state index contributed by atoms with van der Waals surface area (Å²) in [7, 11) is 3.65. The molecule has 0 aromatic carbocycles. The fraction of sp³-hybridized carbons (Fsp3) is 0.700. The topological polar surface area (TPSA) is 50.5 Å². The van der Waals surface area contributed by atoms with Crippen molar-refractivity contribution in [2.75, 3.05) is 33.4 Å². The number of aliphatic hydroxyl groups is 1. The van der Waals surface area contributed by atoms with Crippen LogP contribution in [0, 0.1) is 0 Å². The van der Waals surface area contributed by atoms with Crippen molar-refractivity contribution in [2.24, 2.45) is 7.05 Å². The van der Waals surface area contributed by atoms with E-state index in [0.29, 0.717) is 13.2 Å². The summed E-state index contributed by atoms with van der Waals surface area (Å²) >= 11 is 0. The Hall–Kier alpha value is -0.910. The number of ether oxygens (including phenoxy) is 1. The molecule has 0 saturated heterocycles. The van der Waals surface area contributed by atoms with Gasteiger partial charge in [0.25, 0.3) is 0 Å². The van der Waals surface area contributed by atoms with Gasteiger partial charge in [0, 0.05) is 40.0 Å². The summed E-state index contributed by atoms with van der Waals surface area (Å²) in [6.07, 6.45) is 3.62. The van der Waals surface area contributed by atoms with Crippen LogP contribution in [0.2, 0.25) is 0 Å². The second-order valence-electron chi connectivity index (χ2n) is 3.49.